The number of hydrogen-bond donors (Lipinski definition) is 2. The predicted molar refractivity (Wildman–Crippen MR) is 168 cm³/mol. The normalized spacial score (nSPS) is 18.8. The molecule has 10 heteroatoms. The summed E-state index contributed by atoms with van der Waals surface area (Å²) in [5.74, 6) is -2.29. The van der Waals surface area contributed by atoms with Gasteiger partial charge in [0.25, 0.3) is 5.91 Å². The monoisotopic (exact) mass is 607 g/mol. The number of unbranched alkanes of at least 4 members (excludes halogenated alkanes) is 4. The van der Waals surface area contributed by atoms with Crippen molar-refractivity contribution >= 4 is 23.6 Å². The van der Waals surface area contributed by atoms with Gasteiger partial charge in [-0.1, -0.05) is 72.0 Å². The minimum absolute atomic E-state index is 0.0835. The minimum atomic E-state index is -1.26. The molecule has 0 radical (unpaired) electrons. The lowest BCUT2D eigenvalue weighted by Crippen LogP contribution is -2.54. The van der Waals surface area contributed by atoms with E-state index in [1.54, 1.807) is 28.0 Å². The first-order chi connectivity index (χ1) is 20.3. The fourth-order valence-electron chi connectivity index (χ4n) is 5.27. The Bertz CT molecular complexity index is 964. The first kappa shape index (κ1) is 38.3. The van der Waals surface area contributed by atoms with Crippen LogP contribution in [0.25, 0.3) is 0 Å². The number of nitrogens with zero attached hydrogens (tertiary/aromatic N) is 2. The summed E-state index contributed by atoms with van der Waals surface area (Å²) >= 11 is 0. The summed E-state index contributed by atoms with van der Waals surface area (Å²) in [4.78, 5) is 54.0. The van der Waals surface area contributed by atoms with Crippen LogP contribution in [-0.2, 0) is 28.7 Å². The summed E-state index contributed by atoms with van der Waals surface area (Å²) in [5, 5.41) is 13.6. The number of likely N-dealkylation sites (N-methyl/N-ethyl adjacent to an activating group) is 1. The van der Waals surface area contributed by atoms with Gasteiger partial charge in [0.2, 0.25) is 17.7 Å². The van der Waals surface area contributed by atoms with Crippen molar-refractivity contribution < 1.29 is 33.8 Å². The molecular weight excluding hydrogens is 550 g/mol. The quantitative estimate of drug-likeness (QED) is 0.156. The lowest BCUT2D eigenvalue weighted by atomic mass is 9.95. The van der Waals surface area contributed by atoms with E-state index in [1.165, 1.54) is 50.7 Å². The van der Waals surface area contributed by atoms with Gasteiger partial charge in [-0.25, -0.2) is 0 Å². The van der Waals surface area contributed by atoms with Gasteiger partial charge in [0.15, 0.2) is 0 Å². The van der Waals surface area contributed by atoms with E-state index in [9.17, 15) is 24.3 Å². The number of allylic oxidation sites excluding steroid dienone is 1. The van der Waals surface area contributed by atoms with Gasteiger partial charge in [0.05, 0.1) is 37.3 Å². The molecule has 0 unspecified atom stereocenters. The standard InChI is InChI=1S/C33H57N3O7/c1-10-11-12-13-15-18-26(42-8)19-16-14-17-20-28(37)35(7)25(6)32(40)34-24(5)31(39)23(4)33(41)36-29(38)21-27(43-9)30(36)22(2)3/h14,16,21-26,30-31,39H,10-13,15,17-20H2,1-9H3,(H,34,40)/b16-14+/t23-,24+,25+,26-,30+,31+/m1/s1. The maximum Gasteiger partial charge on any atom is 0.257 e. The number of rotatable bonds is 20. The van der Waals surface area contributed by atoms with Crippen molar-refractivity contribution in [3.05, 3.63) is 24.0 Å². The first-order valence-electron chi connectivity index (χ1n) is 15.9. The van der Waals surface area contributed by atoms with Crippen LogP contribution in [-0.4, -0.2) is 90.1 Å². The lowest BCUT2D eigenvalue weighted by Gasteiger charge is -2.33. The molecule has 0 spiro atoms. The topological polar surface area (TPSA) is 125 Å². The van der Waals surface area contributed by atoms with Gasteiger partial charge in [-0.15, -0.1) is 0 Å². The van der Waals surface area contributed by atoms with E-state index < -0.39 is 47.9 Å². The SMILES string of the molecule is CCCCCCC[C@H](C/C=C/CCC(=O)N(C)[C@@H](C)C(=O)N[C@@H](C)[C@@H](O)[C@@H](C)C(=O)N1C(=O)C=C(OC)[C@@H]1C(C)C)OC. The van der Waals surface area contributed by atoms with E-state index in [2.05, 4.69) is 18.3 Å². The summed E-state index contributed by atoms with van der Waals surface area (Å²) in [6, 6.07) is -2.13. The number of methoxy groups -OCH3 is 2. The van der Waals surface area contributed by atoms with E-state index >= 15 is 0 Å². The number of imide groups is 1. The van der Waals surface area contributed by atoms with Crippen molar-refractivity contribution in [1.82, 2.24) is 15.1 Å². The van der Waals surface area contributed by atoms with Gasteiger partial charge in [-0.3, -0.25) is 24.1 Å². The molecule has 0 saturated carbocycles. The summed E-state index contributed by atoms with van der Waals surface area (Å²) in [5.41, 5.74) is 0. The smallest absolute Gasteiger partial charge is 0.257 e. The van der Waals surface area contributed by atoms with Crippen molar-refractivity contribution in [2.75, 3.05) is 21.3 Å². The number of amides is 4. The molecular formula is C33H57N3O7. The first-order valence-corrected chi connectivity index (χ1v) is 15.9. The van der Waals surface area contributed by atoms with Crippen molar-refractivity contribution in [3.8, 4) is 0 Å². The largest absolute Gasteiger partial charge is 0.499 e. The van der Waals surface area contributed by atoms with Crippen LogP contribution in [0.2, 0.25) is 0 Å². The molecule has 6 atom stereocenters. The molecule has 246 valence electrons. The number of carbonyl (C=O) groups is 4. The van der Waals surface area contributed by atoms with Gasteiger partial charge in [0, 0.05) is 26.7 Å². The van der Waals surface area contributed by atoms with E-state index in [1.807, 2.05) is 19.9 Å². The van der Waals surface area contributed by atoms with E-state index in [0.29, 0.717) is 12.2 Å². The summed E-state index contributed by atoms with van der Waals surface area (Å²) in [6.07, 6.45) is 13.1. The number of hydrogen-bond acceptors (Lipinski definition) is 7. The van der Waals surface area contributed by atoms with Crippen LogP contribution in [0.1, 0.15) is 99.3 Å². The van der Waals surface area contributed by atoms with E-state index in [-0.39, 0.29) is 24.3 Å². The number of ether oxygens (including phenoxy) is 2. The summed E-state index contributed by atoms with van der Waals surface area (Å²) in [7, 11) is 4.76. The number of aliphatic hydroxyl groups excluding tert-OH is 1. The fourth-order valence-corrected chi connectivity index (χ4v) is 5.27. The molecule has 0 aromatic heterocycles. The Morgan fingerprint density at radius 3 is 2.30 bits per heavy atom. The van der Waals surface area contributed by atoms with Gasteiger partial charge < -0.3 is 24.8 Å². The summed E-state index contributed by atoms with van der Waals surface area (Å²) < 4.78 is 10.9. The molecule has 10 nitrogen and oxygen atoms in total. The maximum absolute atomic E-state index is 13.3. The second-order valence-corrected chi connectivity index (χ2v) is 12.0. The minimum Gasteiger partial charge on any atom is -0.499 e. The fraction of sp³-hybridized carbons (Fsp3) is 0.758. The van der Waals surface area contributed by atoms with E-state index in [4.69, 9.17) is 9.47 Å². The highest BCUT2D eigenvalue weighted by Gasteiger charge is 2.43. The third kappa shape index (κ3) is 11.7. The lowest BCUT2D eigenvalue weighted by molar-refractivity contribution is -0.150. The Kier molecular flexibility index (Phi) is 17.4. The molecule has 1 aliphatic rings. The average Bonchev–Trinajstić information content (AvgIpc) is 3.33. The molecule has 0 aliphatic carbocycles. The molecule has 2 N–H and O–H groups in total. The Morgan fingerprint density at radius 2 is 1.72 bits per heavy atom. The molecule has 0 bridgehead atoms. The second kappa shape index (κ2) is 19.5. The zero-order valence-electron chi connectivity index (χ0n) is 27.9. The average molecular weight is 608 g/mol. The predicted octanol–water partition coefficient (Wildman–Crippen LogP) is 4.36. The van der Waals surface area contributed by atoms with Crippen LogP contribution in [0.4, 0.5) is 0 Å². The molecule has 1 aliphatic heterocycles. The Balaban J connectivity index is 2.57. The zero-order valence-corrected chi connectivity index (χ0v) is 27.9. The molecule has 1 heterocycles. The molecule has 0 aromatic rings. The number of carbonyl (C=O) groups excluding carboxylic acids is 4. The third-order valence-electron chi connectivity index (χ3n) is 8.37. The second-order valence-electron chi connectivity index (χ2n) is 12.0. The number of nitrogens with one attached hydrogen (secondary N) is 1. The van der Waals surface area contributed by atoms with Crippen LogP contribution in [0.5, 0.6) is 0 Å². The van der Waals surface area contributed by atoms with Gasteiger partial charge in [0.1, 0.15) is 11.8 Å². The van der Waals surface area contributed by atoms with Crippen molar-refractivity contribution in [1.29, 1.82) is 0 Å². The highest BCUT2D eigenvalue weighted by Crippen LogP contribution is 2.29. The molecule has 0 aromatic carbocycles. The van der Waals surface area contributed by atoms with Crippen LogP contribution >= 0.6 is 0 Å². The molecule has 1 rings (SSSR count). The Hall–Kier alpha value is -2.72. The highest BCUT2D eigenvalue weighted by atomic mass is 16.5. The van der Waals surface area contributed by atoms with Crippen LogP contribution in [0, 0.1) is 11.8 Å². The van der Waals surface area contributed by atoms with Crippen molar-refractivity contribution in [3.63, 3.8) is 0 Å². The third-order valence-corrected chi connectivity index (χ3v) is 8.37. The van der Waals surface area contributed by atoms with Crippen LogP contribution in [0.3, 0.4) is 0 Å². The molecule has 0 saturated heterocycles. The maximum atomic E-state index is 13.3. The summed E-state index contributed by atoms with van der Waals surface area (Å²) in [6.45, 7) is 10.7. The van der Waals surface area contributed by atoms with Gasteiger partial charge in [-0.2, -0.15) is 0 Å². The van der Waals surface area contributed by atoms with Crippen molar-refractivity contribution in [2.24, 2.45) is 11.8 Å². The van der Waals surface area contributed by atoms with Crippen molar-refractivity contribution in [2.45, 2.75) is 130 Å². The molecule has 43 heavy (non-hydrogen) atoms. The van der Waals surface area contributed by atoms with Crippen LogP contribution < -0.4 is 5.32 Å². The van der Waals surface area contributed by atoms with Crippen LogP contribution in [0.15, 0.2) is 24.0 Å². The van der Waals surface area contributed by atoms with Gasteiger partial charge >= 0.3 is 0 Å². The zero-order chi connectivity index (χ0) is 32.7. The Morgan fingerprint density at radius 1 is 1.07 bits per heavy atom. The Labute approximate surface area is 259 Å². The molecule has 4 amide bonds. The number of aliphatic hydroxyl groups is 1. The molecule has 0 fully saturated rings. The van der Waals surface area contributed by atoms with E-state index in [0.717, 1.165) is 24.2 Å². The van der Waals surface area contributed by atoms with Gasteiger partial charge in [-0.05, 0) is 39.0 Å². The highest BCUT2D eigenvalue weighted by molar-refractivity contribution is 6.05.